The summed E-state index contributed by atoms with van der Waals surface area (Å²) >= 11 is 1.58. The molecule has 2 fully saturated rings. The first-order valence-electron chi connectivity index (χ1n) is 11.0. The molecular weight excluding hydrogens is 438 g/mol. The minimum Gasteiger partial charge on any atom is -0.481 e. The number of benzene rings is 1. The minimum atomic E-state index is 0.0109. The Morgan fingerprint density at radius 2 is 1.88 bits per heavy atom. The van der Waals surface area contributed by atoms with Crippen molar-refractivity contribution in [3.8, 4) is 22.2 Å². The first kappa shape index (κ1) is 21.6. The number of carbonyl (C=O) groups is 1. The van der Waals surface area contributed by atoms with Crippen molar-refractivity contribution in [1.82, 2.24) is 19.9 Å². The summed E-state index contributed by atoms with van der Waals surface area (Å²) in [4.78, 5) is 30.1. The van der Waals surface area contributed by atoms with Crippen LogP contribution in [0.4, 0.5) is 5.95 Å². The standard InChI is InChI=1S/C24H27N5O3S/c1-13-6-5-7-15(8-13)22-21(26-14(2)33-22)23(30)29-17(9-16-10-18(16)29)12-25-24-27-19(31-3)11-20(28-24)32-4/h5-8,11,16-18H,9-10,12H2,1-4H3,(H,25,27,28)/t16-,17+,18+/m1/s1. The third-order valence-corrected chi connectivity index (χ3v) is 7.28. The Balaban J connectivity index is 1.38. The van der Waals surface area contributed by atoms with Crippen molar-refractivity contribution in [3.05, 3.63) is 46.6 Å². The molecule has 8 nitrogen and oxygen atoms in total. The highest BCUT2D eigenvalue weighted by Crippen LogP contribution is 2.49. The van der Waals surface area contributed by atoms with E-state index in [4.69, 9.17) is 9.47 Å². The molecule has 0 spiro atoms. The van der Waals surface area contributed by atoms with Gasteiger partial charge in [-0.05, 0) is 38.2 Å². The number of nitrogens with one attached hydrogen (secondary N) is 1. The summed E-state index contributed by atoms with van der Waals surface area (Å²) in [6, 6.07) is 10.2. The van der Waals surface area contributed by atoms with E-state index in [0.717, 1.165) is 33.9 Å². The zero-order valence-electron chi connectivity index (χ0n) is 19.2. The third kappa shape index (κ3) is 4.25. The van der Waals surface area contributed by atoms with Crippen molar-refractivity contribution < 1.29 is 14.3 Å². The van der Waals surface area contributed by atoms with E-state index in [2.05, 4.69) is 39.3 Å². The lowest BCUT2D eigenvalue weighted by atomic mass is 10.1. The molecule has 1 aliphatic heterocycles. The highest BCUT2D eigenvalue weighted by Gasteiger charge is 2.54. The second-order valence-corrected chi connectivity index (χ2v) is 9.81. The Labute approximate surface area is 197 Å². The fraction of sp³-hybridized carbons (Fsp3) is 0.417. The summed E-state index contributed by atoms with van der Waals surface area (Å²) in [7, 11) is 3.11. The van der Waals surface area contributed by atoms with Crippen LogP contribution in [0.15, 0.2) is 30.3 Å². The average molecular weight is 466 g/mol. The molecule has 0 unspecified atom stereocenters. The zero-order chi connectivity index (χ0) is 23.1. The molecule has 2 aromatic heterocycles. The summed E-state index contributed by atoms with van der Waals surface area (Å²) in [6.45, 7) is 4.57. The van der Waals surface area contributed by atoms with E-state index in [1.165, 1.54) is 0 Å². The Bertz CT molecular complexity index is 1170. The van der Waals surface area contributed by atoms with Crippen LogP contribution in [0.25, 0.3) is 10.4 Å². The lowest BCUT2D eigenvalue weighted by molar-refractivity contribution is 0.0704. The fourth-order valence-corrected chi connectivity index (χ4v) is 5.54. The number of rotatable bonds is 7. The molecule has 3 aromatic rings. The minimum absolute atomic E-state index is 0.0109. The van der Waals surface area contributed by atoms with E-state index < -0.39 is 0 Å². The number of ether oxygens (including phenoxy) is 2. The lowest BCUT2D eigenvalue weighted by Gasteiger charge is -2.27. The van der Waals surface area contributed by atoms with Gasteiger partial charge in [-0.25, -0.2) is 4.98 Å². The number of nitrogens with zero attached hydrogens (tertiary/aromatic N) is 4. The van der Waals surface area contributed by atoms with E-state index in [-0.39, 0.29) is 18.0 Å². The highest BCUT2D eigenvalue weighted by atomic mass is 32.1. The van der Waals surface area contributed by atoms with Gasteiger partial charge >= 0.3 is 0 Å². The molecular formula is C24H27N5O3S. The van der Waals surface area contributed by atoms with Crippen molar-refractivity contribution in [2.75, 3.05) is 26.1 Å². The van der Waals surface area contributed by atoms with Crippen molar-refractivity contribution in [3.63, 3.8) is 0 Å². The van der Waals surface area contributed by atoms with Gasteiger partial charge in [-0.2, -0.15) is 9.97 Å². The number of carbonyl (C=O) groups excluding carboxylic acids is 1. The number of thiazole rings is 1. The summed E-state index contributed by atoms with van der Waals surface area (Å²) in [5.41, 5.74) is 2.76. The van der Waals surface area contributed by atoms with Crippen LogP contribution in [0.2, 0.25) is 0 Å². The largest absolute Gasteiger partial charge is 0.481 e. The van der Waals surface area contributed by atoms with Crippen LogP contribution in [0, 0.1) is 19.8 Å². The van der Waals surface area contributed by atoms with E-state index in [1.807, 2.05) is 24.0 Å². The number of anilines is 1. The van der Waals surface area contributed by atoms with Crippen LogP contribution in [0.5, 0.6) is 11.8 Å². The van der Waals surface area contributed by atoms with Crippen molar-refractivity contribution in [1.29, 1.82) is 0 Å². The quantitative estimate of drug-likeness (QED) is 0.565. The highest BCUT2D eigenvalue weighted by molar-refractivity contribution is 7.15. The molecule has 1 saturated carbocycles. The topological polar surface area (TPSA) is 89.5 Å². The molecule has 33 heavy (non-hydrogen) atoms. The number of aryl methyl sites for hydroxylation is 2. The molecule has 5 rings (SSSR count). The molecule has 3 heterocycles. The van der Waals surface area contributed by atoms with Crippen LogP contribution in [-0.4, -0.2) is 58.6 Å². The van der Waals surface area contributed by atoms with E-state index in [0.29, 0.717) is 35.9 Å². The smallest absolute Gasteiger partial charge is 0.274 e. The number of likely N-dealkylation sites (tertiary alicyclic amines) is 1. The molecule has 1 amide bonds. The van der Waals surface area contributed by atoms with Crippen LogP contribution >= 0.6 is 11.3 Å². The second-order valence-electron chi connectivity index (χ2n) is 8.60. The summed E-state index contributed by atoms with van der Waals surface area (Å²) in [5.74, 6) is 1.84. The van der Waals surface area contributed by atoms with Gasteiger partial charge in [0.25, 0.3) is 5.91 Å². The molecule has 1 aromatic carbocycles. The molecule has 3 atom stereocenters. The number of methoxy groups -OCH3 is 2. The maximum atomic E-state index is 13.8. The molecule has 1 N–H and O–H groups in total. The van der Waals surface area contributed by atoms with Crippen molar-refractivity contribution in [2.45, 2.75) is 38.8 Å². The van der Waals surface area contributed by atoms with Gasteiger partial charge in [0.15, 0.2) is 0 Å². The molecule has 0 bridgehead atoms. The Hall–Kier alpha value is -3.20. The van der Waals surface area contributed by atoms with Crippen LogP contribution in [0.1, 0.15) is 33.9 Å². The number of fused-ring (bicyclic) bond motifs is 1. The van der Waals surface area contributed by atoms with Crippen LogP contribution in [0.3, 0.4) is 0 Å². The van der Waals surface area contributed by atoms with E-state index in [1.54, 1.807) is 31.6 Å². The van der Waals surface area contributed by atoms with Gasteiger partial charge in [0.05, 0.1) is 36.2 Å². The first-order valence-corrected chi connectivity index (χ1v) is 11.9. The maximum absolute atomic E-state index is 13.8. The molecule has 0 radical (unpaired) electrons. The molecule has 1 saturated heterocycles. The SMILES string of the molecule is COc1cc(OC)nc(NC[C@@H]2C[C@@H]3C[C@@H]3N2C(=O)c2nc(C)sc2-c2cccc(C)c2)n1. The second kappa shape index (κ2) is 8.62. The van der Waals surface area contributed by atoms with E-state index in [9.17, 15) is 4.79 Å². The predicted octanol–water partition coefficient (Wildman–Crippen LogP) is 3.95. The number of aromatic nitrogens is 3. The van der Waals surface area contributed by atoms with Gasteiger partial charge in [0, 0.05) is 12.6 Å². The lowest BCUT2D eigenvalue weighted by Crippen LogP contribution is -2.42. The van der Waals surface area contributed by atoms with Gasteiger partial charge in [-0.1, -0.05) is 29.8 Å². The average Bonchev–Trinajstić information content (AvgIpc) is 3.30. The Morgan fingerprint density at radius 3 is 2.58 bits per heavy atom. The molecule has 1 aliphatic carbocycles. The van der Waals surface area contributed by atoms with E-state index >= 15 is 0 Å². The predicted molar refractivity (Wildman–Crippen MR) is 127 cm³/mol. The van der Waals surface area contributed by atoms with Gasteiger partial charge < -0.3 is 19.7 Å². The molecule has 2 aliphatic rings. The normalized spacial score (nSPS) is 21.0. The number of amides is 1. The number of piperidine rings is 1. The van der Waals surface area contributed by atoms with Crippen LogP contribution in [-0.2, 0) is 0 Å². The first-order chi connectivity index (χ1) is 16.0. The Morgan fingerprint density at radius 1 is 1.12 bits per heavy atom. The Kier molecular flexibility index (Phi) is 5.65. The van der Waals surface area contributed by atoms with Gasteiger partial charge in [-0.3, -0.25) is 4.79 Å². The van der Waals surface area contributed by atoms with Crippen molar-refractivity contribution >= 4 is 23.2 Å². The molecule has 9 heteroatoms. The number of hydrogen-bond acceptors (Lipinski definition) is 8. The zero-order valence-corrected chi connectivity index (χ0v) is 20.0. The summed E-state index contributed by atoms with van der Waals surface area (Å²) in [5, 5.41) is 4.17. The van der Waals surface area contributed by atoms with Crippen molar-refractivity contribution in [2.24, 2.45) is 5.92 Å². The molecule has 172 valence electrons. The fourth-order valence-electron chi connectivity index (χ4n) is 4.64. The van der Waals surface area contributed by atoms with Gasteiger partial charge in [0.1, 0.15) is 5.69 Å². The number of hydrogen-bond donors (Lipinski definition) is 1. The maximum Gasteiger partial charge on any atom is 0.274 e. The van der Waals surface area contributed by atoms with Crippen LogP contribution < -0.4 is 14.8 Å². The summed E-state index contributed by atoms with van der Waals surface area (Å²) < 4.78 is 10.5. The van der Waals surface area contributed by atoms with Gasteiger partial charge in [-0.15, -0.1) is 11.3 Å². The monoisotopic (exact) mass is 465 g/mol. The van der Waals surface area contributed by atoms with Gasteiger partial charge in [0.2, 0.25) is 17.7 Å². The summed E-state index contributed by atoms with van der Waals surface area (Å²) in [6.07, 6.45) is 2.03. The third-order valence-electron chi connectivity index (χ3n) is 6.26.